The molecule has 0 aliphatic rings. The van der Waals surface area contributed by atoms with Gasteiger partial charge >= 0.3 is 0 Å². The average Bonchev–Trinajstić information content (AvgIpc) is 2.28. The third-order valence-corrected chi connectivity index (χ3v) is 3.26. The first-order chi connectivity index (χ1) is 7.69. The van der Waals surface area contributed by atoms with Crippen LogP contribution in [0.5, 0.6) is 0 Å². The third-order valence-electron chi connectivity index (χ3n) is 2.25. The first-order valence-corrected chi connectivity index (χ1v) is 6.44. The van der Waals surface area contributed by atoms with Crippen LogP contribution in [0.2, 0.25) is 0 Å². The Morgan fingerprint density at radius 2 is 2.19 bits per heavy atom. The molecule has 1 heterocycles. The number of hydrogen-bond donors (Lipinski definition) is 0. The second-order valence-electron chi connectivity index (χ2n) is 3.41. The highest BCUT2D eigenvalue weighted by Crippen LogP contribution is 2.18. The lowest BCUT2D eigenvalue weighted by Crippen LogP contribution is -2.30. The molecule has 90 valence electrons. The van der Waals surface area contributed by atoms with Gasteiger partial charge in [0.1, 0.15) is 5.82 Å². The fourth-order valence-corrected chi connectivity index (χ4v) is 1.78. The highest BCUT2D eigenvalue weighted by molar-refractivity contribution is 9.10. The minimum atomic E-state index is 0.584. The van der Waals surface area contributed by atoms with E-state index in [1.165, 1.54) is 0 Å². The predicted molar refractivity (Wildman–Crippen MR) is 71.5 cm³/mol. The molecule has 16 heavy (non-hydrogen) atoms. The first kappa shape index (κ1) is 13.7. The summed E-state index contributed by atoms with van der Waals surface area (Å²) in [5, 5.41) is 0. The zero-order valence-electron chi connectivity index (χ0n) is 9.54. The maximum absolute atomic E-state index is 5.78. The standard InChI is InChI=1S/C11H16BrClN2O/c1-9-10(12)3-4-11(14-9)15(6-5-13)7-8-16-2/h3-4H,5-8H2,1-2H3. The van der Waals surface area contributed by atoms with Crippen LogP contribution in [0, 0.1) is 6.92 Å². The van der Waals surface area contributed by atoms with Crippen LogP contribution in [0.15, 0.2) is 16.6 Å². The lowest BCUT2D eigenvalue weighted by molar-refractivity contribution is 0.205. The number of halogens is 2. The van der Waals surface area contributed by atoms with Gasteiger partial charge in [0.05, 0.1) is 12.3 Å². The molecule has 0 saturated heterocycles. The van der Waals surface area contributed by atoms with E-state index in [2.05, 4.69) is 25.8 Å². The molecule has 0 aliphatic heterocycles. The largest absolute Gasteiger partial charge is 0.383 e. The summed E-state index contributed by atoms with van der Waals surface area (Å²) in [6.45, 7) is 4.23. The second-order valence-corrected chi connectivity index (χ2v) is 4.64. The number of anilines is 1. The van der Waals surface area contributed by atoms with Gasteiger partial charge in [-0.15, -0.1) is 11.6 Å². The van der Waals surface area contributed by atoms with E-state index in [0.717, 1.165) is 29.1 Å². The number of pyridine rings is 1. The van der Waals surface area contributed by atoms with Gasteiger partial charge in [0.15, 0.2) is 0 Å². The van der Waals surface area contributed by atoms with Crippen molar-refractivity contribution in [3.05, 3.63) is 22.3 Å². The van der Waals surface area contributed by atoms with E-state index in [4.69, 9.17) is 16.3 Å². The predicted octanol–water partition coefficient (Wildman–Crippen LogP) is 2.84. The van der Waals surface area contributed by atoms with Gasteiger partial charge in [0, 0.05) is 30.6 Å². The Labute approximate surface area is 110 Å². The molecule has 0 N–H and O–H groups in total. The molecule has 0 unspecified atom stereocenters. The number of hydrogen-bond acceptors (Lipinski definition) is 3. The molecule has 1 aromatic heterocycles. The minimum Gasteiger partial charge on any atom is -0.383 e. The fourth-order valence-electron chi connectivity index (χ4n) is 1.35. The monoisotopic (exact) mass is 306 g/mol. The molecule has 0 radical (unpaired) electrons. The summed E-state index contributed by atoms with van der Waals surface area (Å²) < 4.78 is 6.09. The van der Waals surface area contributed by atoms with Gasteiger partial charge in [-0.2, -0.15) is 0 Å². The SMILES string of the molecule is COCCN(CCCl)c1ccc(Br)c(C)n1. The summed E-state index contributed by atoms with van der Waals surface area (Å²) in [5.74, 6) is 1.53. The van der Waals surface area contributed by atoms with Crippen molar-refractivity contribution >= 4 is 33.3 Å². The van der Waals surface area contributed by atoms with Crippen LogP contribution < -0.4 is 4.90 Å². The van der Waals surface area contributed by atoms with Gasteiger partial charge in [0.25, 0.3) is 0 Å². The summed E-state index contributed by atoms with van der Waals surface area (Å²) in [6, 6.07) is 3.99. The van der Waals surface area contributed by atoms with Gasteiger partial charge in [-0.1, -0.05) is 0 Å². The zero-order valence-corrected chi connectivity index (χ0v) is 11.9. The summed E-state index contributed by atoms with van der Waals surface area (Å²) in [4.78, 5) is 6.63. The molecule has 3 nitrogen and oxygen atoms in total. The topological polar surface area (TPSA) is 25.4 Å². The first-order valence-electron chi connectivity index (χ1n) is 5.12. The van der Waals surface area contributed by atoms with E-state index in [9.17, 15) is 0 Å². The lowest BCUT2D eigenvalue weighted by Gasteiger charge is -2.22. The highest BCUT2D eigenvalue weighted by Gasteiger charge is 2.08. The Bertz CT molecular complexity index is 336. The summed E-state index contributed by atoms with van der Waals surface area (Å²) in [6.07, 6.45) is 0. The van der Waals surface area contributed by atoms with E-state index < -0.39 is 0 Å². The Kier molecular flexibility index (Phi) is 6.09. The number of nitrogens with zero attached hydrogens (tertiary/aromatic N) is 2. The maximum atomic E-state index is 5.78. The molecule has 5 heteroatoms. The Balaban J connectivity index is 2.78. The molecule has 0 atom stereocenters. The summed E-state index contributed by atoms with van der Waals surface area (Å²) >= 11 is 9.21. The van der Waals surface area contributed by atoms with E-state index in [0.29, 0.717) is 12.5 Å². The number of alkyl halides is 1. The van der Waals surface area contributed by atoms with Gasteiger partial charge in [-0.05, 0) is 35.0 Å². The van der Waals surface area contributed by atoms with Crippen molar-refractivity contribution in [1.82, 2.24) is 4.98 Å². The van der Waals surface area contributed by atoms with E-state index in [1.807, 2.05) is 19.1 Å². The zero-order chi connectivity index (χ0) is 12.0. The van der Waals surface area contributed by atoms with E-state index in [1.54, 1.807) is 7.11 Å². The van der Waals surface area contributed by atoms with Crippen LogP contribution >= 0.6 is 27.5 Å². The molecule has 0 fully saturated rings. The van der Waals surface area contributed by atoms with Crippen LogP contribution in [0.1, 0.15) is 5.69 Å². The molecule has 0 aromatic carbocycles. The Morgan fingerprint density at radius 3 is 2.75 bits per heavy atom. The molecule has 0 amide bonds. The van der Waals surface area contributed by atoms with Gasteiger partial charge in [0.2, 0.25) is 0 Å². The second kappa shape index (κ2) is 7.09. The Morgan fingerprint density at radius 1 is 1.44 bits per heavy atom. The molecule has 0 saturated carbocycles. The molecule has 1 rings (SSSR count). The van der Waals surface area contributed by atoms with Crippen molar-refractivity contribution < 1.29 is 4.74 Å². The quantitative estimate of drug-likeness (QED) is 0.756. The van der Waals surface area contributed by atoms with E-state index in [-0.39, 0.29) is 0 Å². The number of aromatic nitrogens is 1. The summed E-state index contributed by atoms with van der Waals surface area (Å²) in [5.41, 5.74) is 0.981. The van der Waals surface area contributed by atoms with Crippen LogP contribution in [0.3, 0.4) is 0 Å². The normalized spacial score (nSPS) is 10.5. The van der Waals surface area contributed by atoms with Gasteiger partial charge < -0.3 is 9.64 Å². The van der Waals surface area contributed by atoms with Crippen molar-refractivity contribution in [2.45, 2.75) is 6.92 Å². The number of methoxy groups -OCH3 is 1. The van der Waals surface area contributed by atoms with Crippen molar-refractivity contribution in [3.8, 4) is 0 Å². The van der Waals surface area contributed by atoms with Gasteiger partial charge in [-0.3, -0.25) is 0 Å². The number of ether oxygens (including phenoxy) is 1. The molecule has 0 aliphatic carbocycles. The maximum Gasteiger partial charge on any atom is 0.128 e. The van der Waals surface area contributed by atoms with Crippen LogP contribution in [0.4, 0.5) is 5.82 Å². The lowest BCUT2D eigenvalue weighted by atomic mass is 10.3. The summed E-state index contributed by atoms with van der Waals surface area (Å²) in [7, 11) is 1.69. The molecular formula is C11H16BrClN2O. The third kappa shape index (κ3) is 3.92. The number of rotatable bonds is 6. The molecule has 1 aromatic rings. The number of aryl methyl sites for hydroxylation is 1. The van der Waals surface area contributed by atoms with E-state index >= 15 is 0 Å². The Hall–Kier alpha value is -0.320. The van der Waals surface area contributed by atoms with Crippen molar-refractivity contribution in [2.75, 3.05) is 37.6 Å². The highest BCUT2D eigenvalue weighted by atomic mass is 79.9. The van der Waals surface area contributed by atoms with Crippen LogP contribution in [-0.4, -0.2) is 37.7 Å². The van der Waals surface area contributed by atoms with Crippen LogP contribution in [-0.2, 0) is 4.74 Å². The molecule has 0 bridgehead atoms. The van der Waals surface area contributed by atoms with Crippen molar-refractivity contribution in [2.24, 2.45) is 0 Å². The molecule has 0 spiro atoms. The van der Waals surface area contributed by atoms with Gasteiger partial charge in [-0.25, -0.2) is 4.98 Å². The fraction of sp³-hybridized carbons (Fsp3) is 0.545. The van der Waals surface area contributed by atoms with Crippen molar-refractivity contribution in [3.63, 3.8) is 0 Å². The van der Waals surface area contributed by atoms with Crippen LogP contribution in [0.25, 0.3) is 0 Å². The minimum absolute atomic E-state index is 0.584. The smallest absolute Gasteiger partial charge is 0.128 e. The average molecular weight is 308 g/mol. The molecular weight excluding hydrogens is 291 g/mol. The van der Waals surface area contributed by atoms with Crippen molar-refractivity contribution in [1.29, 1.82) is 0 Å².